The van der Waals surface area contributed by atoms with Crippen molar-refractivity contribution in [2.45, 2.75) is 0 Å². The Balaban J connectivity index is 1.69. The van der Waals surface area contributed by atoms with Gasteiger partial charge in [0.05, 0.1) is 6.54 Å². The van der Waals surface area contributed by atoms with Crippen LogP contribution in [0.4, 0.5) is 11.1 Å². The summed E-state index contributed by atoms with van der Waals surface area (Å²) >= 11 is 1.29. The van der Waals surface area contributed by atoms with E-state index in [-0.39, 0.29) is 18.4 Å². The zero-order valence-corrected chi connectivity index (χ0v) is 11.8. The molecule has 0 atom stereocenters. The highest BCUT2D eigenvalue weighted by Gasteiger charge is 2.24. The largest absolute Gasteiger partial charge is 0.353 e. The first kappa shape index (κ1) is 13.4. The molecule has 2 aromatic heterocycles. The molecule has 2 amide bonds. The summed E-state index contributed by atoms with van der Waals surface area (Å²) in [5.74, 6) is 0.0205. The van der Waals surface area contributed by atoms with Gasteiger partial charge in [-0.3, -0.25) is 9.59 Å². The van der Waals surface area contributed by atoms with Gasteiger partial charge in [-0.2, -0.15) is 0 Å². The fourth-order valence-corrected chi connectivity index (χ4v) is 2.54. The Labute approximate surface area is 124 Å². The van der Waals surface area contributed by atoms with E-state index in [0.29, 0.717) is 29.9 Å². The summed E-state index contributed by atoms with van der Waals surface area (Å²) in [5.41, 5.74) is 0.313. The van der Waals surface area contributed by atoms with E-state index in [1.165, 1.54) is 16.2 Å². The third-order valence-electron chi connectivity index (χ3n) is 2.83. The number of thiazole rings is 1. The van der Waals surface area contributed by atoms with Crippen LogP contribution in [-0.4, -0.2) is 51.3 Å². The lowest BCUT2D eigenvalue weighted by atomic mass is 10.3. The van der Waals surface area contributed by atoms with E-state index < -0.39 is 0 Å². The summed E-state index contributed by atoms with van der Waals surface area (Å²) in [4.78, 5) is 37.3. The Bertz CT molecular complexity index is 659. The van der Waals surface area contributed by atoms with Gasteiger partial charge in [-0.25, -0.2) is 15.0 Å². The molecule has 3 heterocycles. The topological polar surface area (TPSA) is 100 Å². The monoisotopic (exact) mass is 304 g/mol. The van der Waals surface area contributed by atoms with Crippen LogP contribution >= 0.6 is 11.3 Å². The van der Waals surface area contributed by atoms with Crippen molar-refractivity contribution in [3.63, 3.8) is 0 Å². The number of piperazine rings is 1. The average molecular weight is 304 g/mol. The summed E-state index contributed by atoms with van der Waals surface area (Å²) < 4.78 is 0. The molecule has 1 fully saturated rings. The predicted octanol–water partition coefficient (Wildman–Crippen LogP) is 0.249. The molecule has 3 rings (SSSR count). The summed E-state index contributed by atoms with van der Waals surface area (Å²) in [5, 5.41) is 7.79. The number of rotatable bonds is 3. The van der Waals surface area contributed by atoms with E-state index in [1.807, 2.05) is 0 Å². The fraction of sp³-hybridized carbons (Fsp3) is 0.250. The SMILES string of the molecule is O=C1CN(C(=O)c2csc(Nc3ncccn3)n2)CCN1. The molecule has 8 nitrogen and oxygen atoms in total. The Hall–Kier alpha value is -2.55. The fourth-order valence-electron chi connectivity index (χ4n) is 1.86. The molecule has 9 heteroatoms. The van der Waals surface area contributed by atoms with Crippen molar-refractivity contribution in [2.24, 2.45) is 0 Å². The number of nitrogens with one attached hydrogen (secondary N) is 2. The van der Waals surface area contributed by atoms with E-state index >= 15 is 0 Å². The molecular formula is C12H12N6O2S. The molecule has 1 aliphatic rings. The van der Waals surface area contributed by atoms with Crippen LogP contribution < -0.4 is 10.6 Å². The van der Waals surface area contributed by atoms with E-state index in [1.54, 1.807) is 23.8 Å². The van der Waals surface area contributed by atoms with Gasteiger partial charge in [-0.1, -0.05) is 0 Å². The predicted molar refractivity (Wildman–Crippen MR) is 76.3 cm³/mol. The first-order valence-corrected chi connectivity index (χ1v) is 7.16. The lowest BCUT2D eigenvalue weighted by Gasteiger charge is -2.25. The van der Waals surface area contributed by atoms with Gasteiger partial charge in [0.15, 0.2) is 5.13 Å². The summed E-state index contributed by atoms with van der Waals surface area (Å²) in [6.45, 7) is 1.03. The number of aromatic nitrogens is 3. The van der Waals surface area contributed by atoms with Crippen LogP contribution in [0.2, 0.25) is 0 Å². The van der Waals surface area contributed by atoms with Gasteiger partial charge in [0.25, 0.3) is 5.91 Å². The number of nitrogens with zero attached hydrogens (tertiary/aromatic N) is 4. The highest BCUT2D eigenvalue weighted by Crippen LogP contribution is 2.19. The smallest absolute Gasteiger partial charge is 0.273 e. The zero-order chi connectivity index (χ0) is 14.7. The van der Waals surface area contributed by atoms with E-state index in [9.17, 15) is 9.59 Å². The lowest BCUT2D eigenvalue weighted by Crippen LogP contribution is -2.50. The molecule has 21 heavy (non-hydrogen) atoms. The van der Waals surface area contributed by atoms with Crippen molar-refractivity contribution in [1.29, 1.82) is 0 Å². The molecule has 0 unspecified atom stereocenters. The first-order valence-electron chi connectivity index (χ1n) is 6.28. The standard InChI is InChI=1S/C12H12N6O2S/c19-9-6-18(5-4-13-9)10(20)8-7-21-12(16-8)17-11-14-2-1-3-15-11/h1-3,7H,4-6H2,(H,13,19)(H,14,15,16,17). The Morgan fingerprint density at radius 2 is 2.19 bits per heavy atom. The highest BCUT2D eigenvalue weighted by atomic mass is 32.1. The minimum Gasteiger partial charge on any atom is -0.353 e. The van der Waals surface area contributed by atoms with Gasteiger partial charge in [-0.15, -0.1) is 11.3 Å². The Kier molecular flexibility index (Phi) is 3.73. The molecule has 2 N–H and O–H groups in total. The second-order valence-electron chi connectivity index (χ2n) is 4.31. The lowest BCUT2D eigenvalue weighted by molar-refractivity contribution is -0.123. The molecule has 0 spiro atoms. The first-order chi connectivity index (χ1) is 10.2. The molecule has 0 saturated carbocycles. The number of anilines is 2. The maximum absolute atomic E-state index is 12.2. The van der Waals surface area contributed by atoms with E-state index in [4.69, 9.17) is 0 Å². The molecule has 0 radical (unpaired) electrons. The quantitative estimate of drug-likeness (QED) is 0.843. The number of carbonyl (C=O) groups is 2. The van der Waals surface area contributed by atoms with Crippen LogP contribution in [0.3, 0.4) is 0 Å². The third-order valence-corrected chi connectivity index (χ3v) is 3.59. The molecule has 0 aromatic carbocycles. The zero-order valence-electron chi connectivity index (χ0n) is 10.9. The Morgan fingerprint density at radius 1 is 1.38 bits per heavy atom. The Morgan fingerprint density at radius 3 is 2.95 bits per heavy atom. The van der Waals surface area contributed by atoms with Crippen LogP contribution in [0, 0.1) is 0 Å². The summed E-state index contributed by atoms with van der Waals surface area (Å²) in [6.07, 6.45) is 3.22. The number of carbonyl (C=O) groups excluding carboxylic acids is 2. The van der Waals surface area contributed by atoms with Gasteiger partial charge in [-0.05, 0) is 6.07 Å². The van der Waals surface area contributed by atoms with Crippen LogP contribution in [0.15, 0.2) is 23.8 Å². The van der Waals surface area contributed by atoms with Crippen LogP contribution in [0.1, 0.15) is 10.5 Å². The molecule has 0 aliphatic carbocycles. The molecule has 1 saturated heterocycles. The van der Waals surface area contributed by atoms with Crippen LogP contribution in [-0.2, 0) is 4.79 Å². The minimum absolute atomic E-state index is 0.0704. The number of hydrogen-bond donors (Lipinski definition) is 2. The van der Waals surface area contributed by atoms with Crippen LogP contribution in [0.25, 0.3) is 0 Å². The maximum Gasteiger partial charge on any atom is 0.273 e. The van der Waals surface area contributed by atoms with Gasteiger partial charge in [0.2, 0.25) is 11.9 Å². The average Bonchev–Trinajstić information content (AvgIpc) is 2.96. The minimum atomic E-state index is -0.247. The normalized spacial score (nSPS) is 14.7. The molecule has 108 valence electrons. The summed E-state index contributed by atoms with van der Waals surface area (Å²) in [6, 6.07) is 1.71. The van der Waals surface area contributed by atoms with Crippen molar-refractivity contribution >= 4 is 34.2 Å². The van der Waals surface area contributed by atoms with Crippen molar-refractivity contribution in [2.75, 3.05) is 25.0 Å². The summed E-state index contributed by atoms with van der Waals surface area (Å²) in [7, 11) is 0. The number of amides is 2. The van der Waals surface area contributed by atoms with E-state index in [0.717, 1.165) is 0 Å². The van der Waals surface area contributed by atoms with Crippen molar-refractivity contribution in [1.82, 2.24) is 25.2 Å². The van der Waals surface area contributed by atoms with Crippen LogP contribution in [0.5, 0.6) is 0 Å². The van der Waals surface area contributed by atoms with Gasteiger partial charge in [0.1, 0.15) is 5.69 Å². The van der Waals surface area contributed by atoms with Gasteiger partial charge >= 0.3 is 0 Å². The van der Waals surface area contributed by atoms with Crippen molar-refractivity contribution < 1.29 is 9.59 Å². The third kappa shape index (κ3) is 3.14. The molecule has 0 bridgehead atoms. The maximum atomic E-state index is 12.2. The molecule has 2 aromatic rings. The number of hydrogen-bond acceptors (Lipinski definition) is 7. The second kappa shape index (κ2) is 5.83. The molecule has 1 aliphatic heterocycles. The van der Waals surface area contributed by atoms with Gasteiger partial charge < -0.3 is 15.5 Å². The van der Waals surface area contributed by atoms with Gasteiger partial charge in [0, 0.05) is 30.9 Å². The van der Waals surface area contributed by atoms with Crippen molar-refractivity contribution in [3.8, 4) is 0 Å². The highest BCUT2D eigenvalue weighted by molar-refractivity contribution is 7.14. The van der Waals surface area contributed by atoms with E-state index in [2.05, 4.69) is 25.6 Å². The second-order valence-corrected chi connectivity index (χ2v) is 5.17. The van der Waals surface area contributed by atoms with Crippen molar-refractivity contribution in [3.05, 3.63) is 29.5 Å². The molecular weight excluding hydrogens is 292 g/mol.